The van der Waals surface area contributed by atoms with E-state index in [2.05, 4.69) is 27.8 Å². The van der Waals surface area contributed by atoms with Gasteiger partial charge in [-0.3, -0.25) is 4.79 Å². The predicted molar refractivity (Wildman–Crippen MR) is 137 cm³/mol. The molecule has 1 aromatic heterocycles. The molecule has 10 heteroatoms. The van der Waals surface area contributed by atoms with E-state index in [0.717, 1.165) is 23.6 Å². The zero-order valence-electron chi connectivity index (χ0n) is 19.9. The van der Waals surface area contributed by atoms with Crippen molar-refractivity contribution in [3.8, 4) is 5.75 Å². The molecule has 2 rings (SSSR count). The van der Waals surface area contributed by atoms with Crippen LogP contribution in [-0.4, -0.2) is 64.3 Å². The van der Waals surface area contributed by atoms with Crippen LogP contribution in [0.1, 0.15) is 39.1 Å². The number of carbonyl (C=O) groups excluding carboxylic acids is 1. The van der Waals surface area contributed by atoms with Crippen molar-refractivity contribution >= 4 is 35.8 Å². The Kier molecular flexibility index (Phi) is 11.4. The van der Waals surface area contributed by atoms with E-state index in [9.17, 15) is 4.79 Å². The van der Waals surface area contributed by atoms with Gasteiger partial charge in [0.25, 0.3) is 0 Å². The highest BCUT2D eigenvalue weighted by Crippen LogP contribution is 2.12. The van der Waals surface area contributed by atoms with Crippen molar-refractivity contribution in [1.82, 2.24) is 30.3 Å². The highest BCUT2D eigenvalue weighted by molar-refractivity contribution is 14.0. The number of methoxy groups -OCH3 is 1. The molecule has 2 N–H and O–H groups in total. The first kappa shape index (κ1) is 27.7. The number of halogens is 1. The molecular weight excluding hydrogens is 521 g/mol. The van der Waals surface area contributed by atoms with E-state index in [4.69, 9.17) is 9.73 Å². The third-order valence-corrected chi connectivity index (χ3v) is 4.47. The number of aliphatic imine (C=N–C) groups is 1. The monoisotopic (exact) mass is 557 g/mol. The van der Waals surface area contributed by atoms with Gasteiger partial charge in [0.2, 0.25) is 5.91 Å². The van der Waals surface area contributed by atoms with Gasteiger partial charge in [0.1, 0.15) is 17.9 Å². The quantitative estimate of drug-likeness (QED) is 0.280. The Labute approximate surface area is 208 Å². The summed E-state index contributed by atoms with van der Waals surface area (Å²) >= 11 is 0. The molecule has 0 fully saturated rings. The molecule has 0 saturated carbocycles. The van der Waals surface area contributed by atoms with Crippen molar-refractivity contribution in [2.45, 2.75) is 52.7 Å². The van der Waals surface area contributed by atoms with Crippen LogP contribution in [0.15, 0.2) is 35.6 Å². The highest BCUT2D eigenvalue weighted by atomic mass is 127. The summed E-state index contributed by atoms with van der Waals surface area (Å²) in [5.74, 6) is 2.35. The molecule has 9 nitrogen and oxygen atoms in total. The van der Waals surface area contributed by atoms with Crippen LogP contribution in [0.4, 0.5) is 0 Å². The molecule has 1 amide bonds. The van der Waals surface area contributed by atoms with Gasteiger partial charge in [-0.1, -0.05) is 19.1 Å². The smallest absolute Gasteiger partial charge is 0.240 e. The lowest BCUT2D eigenvalue weighted by Gasteiger charge is -2.25. The van der Waals surface area contributed by atoms with Gasteiger partial charge < -0.3 is 24.8 Å². The number of benzene rings is 1. The van der Waals surface area contributed by atoms with Crippen LogP contribution >= 0.6 is 24.0 Å². The standard InChI is InChI=1S/C22H35N7O2.HI/c1-7-19-27-25-16-29(19)13-12-23-21(28(5)15-20(30)26-22(2,3)4)24-14-17-8-10-18(31-6)11-9-17;/h8-11,16H,7,12-15H2,1-6H3,(H,23,24)(H,26,30);1H. The maximum Gasteiger partial charge on any atom is 0.240 e. The summed E-state index contributed by atoms with van der Waals surface area (Å²) in [6.45, 7) is 9.99. The molecule has 1 heterocycles. The maximum atomic E-state index is 12.4. The lowest BCUT2D eigenvalue weighted by Crippen LogP contribution is -2.49. The van der Waals surface area contributed by atoms with Crippen LogP contribution in [0.25, 0.3) is 0 Å². The number of nitrogens with zero attached hydrogens (tertiary/aromatic N) is 5. The van der Waals surface area contributed by atoms with Crippen molar-refractivity contribution < 1.29 is 9.53 Å². The Morgan fingerprint density at radius 3 is 2.53 bits per heavy atom. The van der Waals surface area contributed by atoms with Gasteiger partial charge in [-0.25, -0.2) is 4.99 Å². The second-order valence-electron chi connectivity index (χ2n) is 8.36. The molecule has 0 radical (unpaired) electrons. The number of aromatic nitrogens is 3. The molecule has 0 saturated heterocycles. The molecule has 2 aromatic rings. The number of nitrogens with one attached hydrogen (secondary N) is 2. The molecule has 0 atom stereocenters. The third kappa shape index (κ3) is 9.41. The normalized spacial score (nSPS) is 11.5. The second kappa shape index (κ2) is 13.2. The molecule has 1 aromatic carbocycles. The summed E-state index contributed by atoms with van der Waals surface area (Å²) < 4.78 is 7.22. The van der Waals surface area contributed by atoms with Gasteiger partial charge in [0.05, 0.1) is 20.2 Å². The highest BCUT2D eigenvalue weighted by Gasteiger charge is 2.17. The van der Waals surface area contributed by atoms with Gasteiger partial charge >= 0.3 is 0 Å². The number of guanidine groups is 1. The average Bonchev–Trinajstić information content (AvgIpc) is 3.16. The largest absolute Gasteiger partial charge is 0.497 e. The molecule has 0 spiro atoms. The zero-order valence-corrected chi connectivity index (χ0v) is 22.2. The van der Waals surface area contributed by atoms with Crippen LogP contribution in [-0.2, 0) is 24.3 Å². The van der Waals surface area contributed by atoms with Crippen molar-refractivity contribution in [2.75, 3.05) is 27.2 Å². The van der Waals surface area contributed by atoms with Crippen LogP contribution in [0.2, 0.25) is 0 Å². The SMILES string of the molecule is CCc1nncn1CCNC(=NCc1ccc(OC)cc1)N(C)CC(=O)NC(C)(C)C.I. The number of hydrogen-bond acceptors (Lipinski definition) is 5. The van der Waals surface area contributed by atoms with E-state index >= 15 is 0 Å². The Balaban J connectivity index is 0.00000512. The average molecular weight is 557 g/mol. The van der Waals surface area contributed by atoms with Gasteiger partial charge in [-0.05, 0) is 38.5 Å². The van der Waals surface area contributed by atoms with Crippen LogP contribution < -0.4 is 15.4 Å². The Morgan fingerprint density at radius 2 is 1.94 bits per heavy atom. The summed E-state index contributed by atoms with van der Waals surface area (Å²) in [5.41, 5.74) is 0.774. The number of amides is 1. The van der Waals surface area contributed by atoms with E-state index in [-0.39, 0.29) is 42.0 Å². The second-order valence-corrected chi connectivity index (χ2v) is 8.36. The lowest BCUT2D eigenvalue weighted by molar-refractivity contribution is -0.122. The maximum absolute atomic E-state index is 12.4. The fraction of sp³-hybridized carbons (Fsp3) is 0.545. The van der Waals surface area contributed by atoms with Gasteiger partial charge in [-0.2, -0.15) is 0 Å². The number of likely N-dealkylation sites (N-methyl/N-ethyl adjacent to an activating group) is 1. The number of carbonyl (C=O) groups is 1. The van der Waals surface area contributed by atoms with E-state index in [1.807, 2.05) is 61.6 Å². The Bertz CT molecular complexity index is 860. The van der Waals surface area contributed by atoms with Crippen LogP contribution in [0.5, 0.6) is 5.75 Å². The fourth-order valence-corrected chi connectivity index (χ4v) is 2.98. The van der Waals surface area contributed by atoms with E-state index in [1.54, 1.807) is 13.4 Å². The minimum Gasteiger partial charge on any atom is -0.497 e. The molecule has 178 valence electrons. The first-order valence-corrected chi connectivity index (χ1v) is 10.5. The van der Waals surface area contributed by atoms with Crippen LogP contribution in [0, 0.1) is 0 Å². The third-order valence-electron chi connectivity index (χ3n) is 4.47. The summed E-state index contributed by atoms with van der Waals surface area (Å²) in [6.07, 6.45) is 2.56. The van der Waals surface area contributed by atoms with Gasteiger partial charge in [0, 0.05) is 32.1 Å². The van der Waals surface area contributed by atoms with E-state index in [1.165, 1.54) is 0 Å². The van der Waals surface area contributed by atoms with Gasteiger partial charge in [0.15, 0.2) is 5.96 Å². The van der Waals surface area contributed by atoms with Crippen LogP contribution in [0.3, 0.4) is 0 Å². The molecule has 0 aliphatic heterocycles. The number of rotatable bonds is 9. The summed E-state index contributed by atoms with van der Waals surface area (Å²) in [5, 5.41) is 14.4. The summed E-state index contributed by atoms with van der Waals surface area (Å²) in [4.78, 5) is 19.0. The molecule has 0 bridgehead atoms. The molecule has 0 unspecified atom stereocenters. The molecule has 0 aliphatic carbocycles. The number of aryl methyl sites for hydroxylation is 1. The van der Waals surface area contributed by atoms with Crippen molar-refractivity contribution in [3.05, 3.63) is 42.0 Å². The molecule has 32 heavy (non-hydrogen) atoms. The molecular formula is C22H36IN7O2. The van der Waals surface area contributed by atoms with Crippen molar-refractivity contribution in [3.63, 3.8) is 0 Å². The zero-order chi connectivity index (χ0) is 22.9. The fourth-order valence-electron chi connectivity index (χ4n) is 2.98. The van der Waals surface area contributed by atoms with Crippen molar-refractivity contribution in [2.24, 2.45) is 4.99 Å². The first-order valence-electron chi connectivity index (χ1n) is 10.5. The lowest BCUT2D eigenvalue weighted by atomic mass is 10.1. The molecule has 0 aliphatic rings. The van der Waals surface area contributed by atoms with E-state index in [0.29, 0.717) is 25.6 Å². The summed E-state index contributed by atoms with van der Waals surface area (Å²) in [7, 11) is 3.50. The topological polar surface area (TPSA) is 96.7 Å². The first-order chi connectivity index (χ1) is 14.7. The summed E-state index contributed by atoms with van der Waals surface area (Å²) in [6, 6.07) is 7.79. The number of ether oxygens (including phenoxy) is 1. The Hall–Kier alpha value is -2.37. The van der Waals surface area contributed by atoms with E-state index < -0.39 is 0 Å². The number of hydrogen-bond donors (Lipinski definition) is 2. The minimum absolute atomic E-state index is 0. The minimum atomic E-state index is -0.281. The van der Waals surface area contributed by atoms with Gasteiger partial charge in [-0.15, -0.1) is 34.2 Å². The van der Waals surface area contributed by atoms with Crippen molar-refractivity contribution in [1.29, 1.82) is 0 Å². The Morgan fingerprint density at radius 1 is 1.25 bits per heavy atom. The predicted octanol–water partition coefficient (Wildman–Crippen LogP) is 2.46.